The molecule has 0 atom stereocenters. The lowest BCUT2D eigenvalue weighted by Gasteiger charge is -2.09. The van der Waals surface area contributed by atoms with Crippen molar-refractivity contribution in [2.45, 2.75) is 6.92 Å². The van der Waals surface area contributed by atoms with E-state index in [9.17, 15) is 14.9 Å². The summed E-state index contributed by atoms with van der Waals surface area (Å²) in [7, 11) is 0. The number of rotatable bonds is 5. The lowest BCUT2D eigenvalue weighted by Crippen LogP contribution is -2.20. The fourth-order valence-electron chi connectivity index (χ4n) is 1.82. The average molecular weight is 355 g/mol. The van der Waals surface area contributed by atoms with E-state index in [4.69, 9.17) is 27.9 Å². The first-order valence-corrected chi connectivity index (χ1v) is 7.26. The van der Waals surface area contributed by atoms with Crippen molar-refractivity contribution < 1.29 is 14.5 Å². The Labute approximate surface area is 142 Å². The highest BCUT2D eigenvalue weighted by Crippen LogP contribution is 2.31. The summed E-state index contributed by atoms with van der Waals surface area (Å²) in [6, 6.07) is 9.25. The van der Waals surface area contributed by atoms with Gasteiger partial charge in [0.2, 0.25) is 0 Å². The van der Waals surface area contributed by atoms with Crippen LogP contribution in [0.2, 0.25) is 10.0 Å². The molecule has 0 fully saturated rings. The lowest BCUT2D eigenvalue weighted by molar-refractivity contribution is -0.385. The zero-order valence-corrected chi connectivity index (χ0v) is 13.5. The minimum Gasteiger partial charge on any atom is -0.482 e. The third-order valence-corrected chi connectivity index (χ3v) is 3.77. The maximum Gasteiger partial charge on any atom is 0.274 e. The van der Waals surface area contributed by atoms with Crippen LogP contribution in [0.1, 0.15) is 5.56 Å². The van der Waals surface area contributed by atoms with Crippen LogP contribution >= 0.6 is 23.2 Å². The Morgan fingerprint density at radius 1 is 1.30 bits per heavy atom. The van der Waals surface area contributed by atoms with Gasteiger partial charge in [-0.1, -0.05) is 35.3 Å². The largest absolute Gasteiger partial charge is 0.482 e. The molecule has 2 aromatic carbocycles. The van der Waals surface area contributed by atoms with Gasteiger partial charge in [0, 0.05) is 17.3 Å². The van der Waals surface area contributed by atoms with Crippen molar-refractivity contribution in [1.82, 2.24) is 0 Å². The molecule has 0 aliphatic rings. The lowest BCUT2D eigenvalue weighted by atomic mass is 10.2. The first-order valence-electron chi connectivity index (χ1n) is 6.50. The number of benzene rings is 2. The molecule has 6 nitrogen and oxygen atoms in total. The van der Waals surface area contributed by atoms with E-state index in [1.165, 1.54) is 6.07 Å². The van der Waals surface area contributed by atoms with E-state index in [2.05, 4.69) is 5.32 Å². The summed E-state index contributed by atoms with van der Waals surface area (Å²) in [5.41, 5.74) is 0.754. The molecule has 1 amide bonds. The molecule has 1 N–H and O–H groups in total. The molecule has 0 aliphatic carbocycles. The molecule has 0 saturated carbocycles. The Morgan fingerprint density at radius 3 is 2.74 bits per heavy atom. The van der Waals surface area contributed by atoms with E-state index in [1.54, 1.807) is 37.3 Å². The van der Waals surface area contributed by atoms with Crippen LogP contribution < -0.4 is 10.1 Å². The number of amides is 1. The van der Waals surface area contributed by atoms with E-state index < -0.39 is 10.8 Å². The molecule has 0 unspecified atom stereocenters. The van der Waals surface area contributed by atoms with E-state index >= 15 is 0 Å². The average Bonchev–Trinajstić information content (AvgIpc) is 2.50. The fourth-order valence-corrected chi connectivity index (χ4v) is 2.17. The van der Waals surface area contributed by atoms with E-state index in [0.717, 1.165) is 0 Å². The van der Waals surface area contributed by atoms with Crippen LogP contribution in [0.5, 0.6) is 5.75 Å². The predicted octanol–water partition coefficient (Wildman–Crippen LogP) is 4.23. The van der Waals surface area contributed by atoms with Crippen molar-refractivity contribution >= 4 is 40.5 Å². The molecule has 2 rings (SSSR count). The molecule has 23 heavy (non-hydrogen) atoms. The molecule has 8 heteroatoms. The van der Waals surface area contributed by atoms with Crippen LogP contribution in [-0.2, 0) is 4.79 Å². The van der Waals surface area contributed by atoms with Gasteiger partial charge in [-0.3, -0.25) is 14.9 Å². The van der Waals surface area contributed by atoms with Crippen molar-refractivity contribution in [2.24, 2.45) is 0 Å². The van der Waals surface area contributed by atoms with E-state index in [1.807, 2.05) is 0 Å². The van der Waals surface area contributed by atoms with Crippen LogP contribution in [0.4, 0.5) is 11.4 Å². The van der Waals surface area contributed by atoms with E-state index in [-0.39, 0.29) is 23.1 Å². The van der Waals surface area contributed by atoms with Gasteiger partial charge in [-0.25, -0.2) is 0 Å². The Kier molecular flexibility index (Phi) is 5.41. The van der Waals surface area contributed by atoms with Crippen molar-refractivity contribution in [3.8, 4) is 5.75 Å². The van der Waals surface area contributed by atoms with Crippen LogP contribution in [0.3, 0.4) is 0 Å². The standard InChI is InChI=1S/C15H12Cl2N2O4/c1-9-5-6-10(7-12(9)19(21)22)18-14(20)8-23-13-4-2-3-11(16)15(13)17/h2-7H,8H2,1H3,(H,18,20). The van der Waals surface area contributed by atoms with Crippen molar-refractivity contribution in [3.05, 3.63) is 62.1 Å². The number of nitro groups is 1. The highest BCUT2D eigenvalue weighted by atomic mass is 35.5. The molecule has 0 aliphatic heterocycles. The maximum atomic E-state index is 11.9. The highest BCUT2D eigenvalue weighted by Gasteiger charge is 2.13. The molecule has 2 aromatic rings. The number of halogens is 2. The molecule has 0 spiro atoms. The predicted molar refractivity (Wildman–Crippen MR) is 88.4 cm³/mol. The van der Waals surface area contributed by atoms with Gasteiger partial charge in [0.25, 0.3) is 11.6 Å². The van der Waals surface area contributed by atoms with Crippen molar-refractivity contribution in [3.63, 3.8) is 0 Å². The number of nitrogens with one attached hydrogen (secondary N) is 1. The summed E-state index contributed by atoms with van der Waals surface area (Å²) in [4.78, 5) is 22.2. The highest BCUT2D eigenvalue weighted by molar-refractivity contribution is 6.42. The number of carbonyl (C=O) groups is 1. The summed E-state index contributed by atoms with van der Waals surface area (Å²) in [5.74, 6) is -0.191. The number of carbonyl (C=O) groups excluding carboxylic acids is 1. The first-order chi connectivity index (χ1) is 10.9. The minimum absolute atomic E-state index is 0.0680. The summed E-state index contributed by atoms with van der Waals surface area (Å²) < 4.78 is 5.29. The smallest absolute Gasteiger partial charge is 0.274 e. The van der Waals surface area contributed by atoms with E-state index in [0.29, 0.717) is 16.3 Å². The number of nitrogens with zero attached hydrogens (tertiary/aromatic N) is 1. The molecule has 0 aromatic heterocycles. The second kappa shape index (κ2) is 7.30. The summed E-state index contributed by atoms with van der Waals surface area (Å²) in [6.45, 7) is 1.32. The topological polar surface area (TPSA) is 81.5 Å². The monoisotopic (exact) mass is 354 g/mol. The SMILES string of the molecule is Cc1ccc(NC(=O)COc2cccc(Cl)c2Cl)cc1[N+](=O)[O-]. The second-order valence-corrected chi connectivity index (χ2v) is 5.43. The Bertz CT molecular complexity index is 765. The number of ether oxygens (including phenoxy) is 1. The molecule has 120 valence electrons. The van der Waals surface area contributed by atoms with Crippen molar-refractivity contribution in [1.29, 1.82) is 0 Å². The summed E-state index contributed by atoms with van der Waals surface area (Å²) >= 11 is 11.8. The molecule has 0 saturated heterocycles. The number of aryl methyl sites for hydroxylation is 1. The molecular formula is C15H12Cl2N2O4. The third-order valence-electron chi connectivity index (χ3n) is 2.96. The number of hydrogen-bond acceptors (Lipinski definition) is 4. The summed E-state index contributed by atoms with van der Waals surface area (Å²) in [5, 5.41) is 13.9. The fraction of sp³-hybridized carbons (Fsp3) is 0.133. The minimum atomic E-state index is -0.507. The van der Waals surface area contributed by atoms with Gasteiger partial charge >= 0.3 is 0 Å². The molecule has 0 heterocycles. The Balaban J connectivity index is 2.01. The van der Waals surface area contributed by atoms with Gasteiger partial charge < -0.3 is 10.1 Å². The second-order valence-electron chi connectivity index (χ2n) is 4.65. The first kappa shape index (κ1) is 17.1. The quantitative estimate of drug-likeness (QED) is 0.643. The molecule has 0 radical (unpaired) electrons. The Hall–Kier alpha value is -2.31. The van der Waals surface area contributed by atoms with Crippen LogP contribution in [0, 0.1) is 17.0 Å². The van der Waals surface area contributed by atoms with Gasteiger partial charge in [-0.2, -0.15) is 0 Å². The Morgan fingerprint density at radius 2 is 2.04 bits per heavy atom. The number of anilines is 1. The van der Waals surface area contributed by atoms with Gasteiger partial charge in [-0.15, -0.1) is 0 Å². The van der Waals surface area contributed by atoms with Gasteiger partial charge in [-0.05, 0) is 25.1 Å². The van der Waals surface area contributed by atoms with Crippen LogP contribution in [0.25, 0.3) is 0 Å². The maximum absolute atomic E-state index is 11.9. The normalized spacial score (nSPS) is 10.2. The van der Waals surface area contributed by atoms with Gasteiger partial charge in [0.15, 0.2) is 6.61 Å². The van der Waals surface area contributed by atoms with Crippen molar-refractivity contribution in [2.75, 3.05) is 11.9 Å². The number of hydrogen-bond donors (Lipinski definition) is 1. The summed E-state index contributed by atoms with van der Waals surface area (Å²) in [6.07, 6.45) is 0. The van der Waals surface area contributed by atoms with Gasteiger partial charge in [0.05, 0.1) is 9.95 Å². The third kappa shape index (κ3) is 4.34. The molecular weight excluding hydrogens is 343 g/mol. The van der Waals surface area contributed by atoms with Gasteiger partial charge in [0.1, 0.15) is 10.8 Å². The number of nitro benzene ring substituents is 1. The van der Waals surface area contributed by atoms with Crippen LogP contribution in [-0.4, -0.2) is 17.4 Å². The zero-order chi connectivity index (χ0) is 17.0. The molecule has 0 bridgehead atoms. The van der Waals surface area contributed by atoms with Crippen LogP contribution in [0.15, 0.2) is 36.4 Å². The zero-order valence-electron chi connectivity index (χ0n) is 12.0.